The number of anilines is 1. The summed E-state index contributed by atoms with van der Waals surface area (Å²) < 4.78 is 57.8. The fraction of sp³-hybridized carbons (Fsp3) is 0.297. The predicted molar refractivity (Wildman–Crippen MR) is 185 cm³/mol. The second-order valence-electron chi connectivity index (χ2n) is 12.4. The largest absolute Gasteiger partial charge is 0.496 e. The molecular formula is C37H36F3N7O4. The van der Waals surface area contributed by atoms with Crippen molar-refractivity contribution in [1.82, 2.24) is 29.8 Å². The number of aromatic nitrogens is 4. The Bertz CT molecular complexity index is 2120. The Morgan fingerprint density at radius 3 is 2.41 bits per heavy atom. The minimum absolute atomic E-state index is 0.0731. The van der Waals surface area contributed by atoms with Crippen molar-refractivity contribution in [3.05, 3.63) is 95.7 Å². The lowest BCUT2D eigenvalue weighted by atomic mass is 9.93. The van der Waals surface area contributed by atoms with Gasteiger partial charge < -0.3 is 29.2 Å². The van der Waals surface area contributed by atoms with E-state index < -0.39 is 17.5 Å². The summed E-state index contributed by atoms with van der Waals surface area (Å²) >= 11 is 0. The van der Waals surface area contributed by atoms with Gasteiger partial charge in [0.25, 0.3) is 5.91 Å². The molecule has 264 valence electrons. The van der Waals surface area contributed by atoms with E-state index in [0.717, 1.165) is 12.1 Å². The van der Waals surface area contributed by atoms with Crippen LogP contribution in [0.15, 0.2) is 67.0 Å². The first-order chi connectivity index (χ1) is 24.7. The molecule has 14 heteroatoms. The van der Waals surface area contributed by atoms with E-state index in [4.69, 9.17) is 9.47 Å². The van der Waals surface area contributed by atoms with Gasteiger partial charge in [-0.1, -0.05) is 29.5 Å². The maximum atomic E-state index is 16.7. The van der Waals surface area contributed by atoms with Crippen molar-refractivity contribution >= 4 is 34.0 Å². The number of piperazine rings is 1. The van der Waals surface area contributed by atoms with E-state index in [1.54, 1.807) is 51.0 Å². The average molecular weight is 700 g/mol. The summed E-state index contributed by atoms with van der Waals surface area (Å²) in [6, 6.07) is 12.7. The van der Waals surface area contributed by atoms with Crippen molar-refractivity contribution in [2.75, 3.05) is 58.4 Å². The topological polar surface area (TPSA) is 109 Å². The number of benzene rings is 3. The molecule has 2 amide bonds. The molecular weight excluding hydrogens is 663 g/mol. The van der Waals surface area contributed by atoms with Crippen molar-refractivity contribution in [3.8, 4) is 22.6 Å². The monoisotopic (exact) mass is 699 g/mol. The number of hydrogen-bond acceptors (Lipinski definition) is 7. The van der Waals surface area contributed by atoms with Crippen LogP contribution in [0, 0.1) is 17.5 Å². The molecule has 11 nitrogen and oxygen atoms in total. The van der Waals surface area contributed by atoms with Gasteiger partial charge in [-0.25, -0.2) is 13.2 Å². The van der Waals surface area contributed by atoms with Gasteiger partial charge in [-0.15, -0.1) is 5.10 Å². The van der Waals surface area contributed by atoms with E-state index in [1.165, 1.54) is 7.11 Å². The third kappa shape index (κ3) is 6.60. The van der Waals surface area contributed by atoms with Gasteiger partial charge in [0.05, 0.1) is 32.5 Å². The maximum Gasteiger partial charge on any atom is 0.270 e. The molecule has 0 atom stereocenters. The van der Waals surface area contributed by atoms with Crippen LogP contribution in [-0.2, 0) is 11.3 Å². The van der Waals surface area contributed by atoms with Gasteiger partial charge in [0, 0.05) is 80.5 Å². The van der Waals surface area contributed by atoms with Crippen LogP contribution in [0.5, 0.6) is 11.5 Å². The van der Waals surface area contributed by atoms with Crippen LogP contribution in [-0.4, -0.2) is 95.1 Å². The number of aromatic amines is 1. The number of fused-ring (bicyclic) bond motifs is 1. The molecule has 0 spiro atoms. The van der Waals surface area contributed by atoms with E-state index in [9.17, 15) is 18.4 Å². The highest BCUT2D eigenvalue weighted by molar-refractivity contribution is 6.05. The molecule has 2 aliphatic heterocycles. The minimum Gasteiger partial charge on any atom is -0.496 e. The molecule has 4 heterocycles. The Balaban J connectivity index is 1.19. The van der Waals surface area contributed by atoms with Gasteiger partial charge in [-0.2, -0.15) is 0 Å². The molecule has 7 rings (SSSR count). The number of halogens is 3. The Morgan fingerprint density at radius 2 is 1.67 bits per heavy atom. The summed E-state index contributed by atoms with van der Waals surface area (Å²) in [4.78, 5) is 35.2. The van der Waals surface area contributed by atoms with E-state index in [1.807, 2.05) is 30.3 Å². The number of hydrogen-bond donors (Lipinski definition) is 1. The number of aryl methyl sites for hydroxylation is 1. The van der Waals surface area contributed by atoms with Crippen LogP contribution in [0.1, 0.15) is 28.9 Å². The SMILES string of the molecule is COc1ccccc1-c1cc(C2=CCCN(C(=O)CCn3ccnn3)C2)c(F)c2[nH]c(C(=O)N3CCN(c4c(F)cc(F)cc4OC)CC3)cc12. The quantitative estimate of drug-likeness (QED) is 0.216. The van der Waals surface area contributed by atoms with E-state index in [-0.39, 0.29) is 73.6 Å². The number of rotatable bonds is 9. The van der Waals surface area contributed by atoms with E-state index in [0.29, 0.717) is 52.9 Å². The lowest BCUT2D eigenvalue weighted by molar-refractivity contribution is -0.131. The Kier molecular flexibility index (Phi) is 9.39. The van der Waals surface area contributed by atoms with Crippen molar-refractivity contribution in [2.24, 2.45) is 0 Å². The Labute approximate surface area is 291 Å². The molecule has 2 aliphatic rings. The van der Waals surface area contributed by atoms with Crippen molar-refractivity contribution < 1.29 is 32.2 Å². The van der Waals surface area contributed by atoms with Gasteiger partial charge in [-0.3, -0.25) is 14.3 Å². The highest BCUT2D eigenvalue weighted by Gasteiger charge is 2.29. The third-order valence-corrected chi connectivity index (χ3v) is 9.45. The summed E-state index contributed by atoms with van der Waals surface area (Å²) in [7, 11) is 2.91. The van der Waals surface area contributed by atoms with E-state index >= 15 is 4.39 Å². The molecule has 0 radical (unpaired) electrons. The summed E-state index contributed by atoms with van der Waals surface area (Å²) in [6.07, 6.45) is 5.99. The zero-order valence-electron chi connectivity index (χ0n) is 28.2. The molecule has 5 aromatic rings. The lowest BCUT2D eigenvalue weighted by Gasteiger charge is -2.36. The smallest absolute Gasteiger partial charge is 0.270 e. The average Bonchev–Trinajstić information content (AvgIpc) is 3.85. The van der Waals surface area contributed by atoms with Crippen LogP contribution >= 0.6 is 0 Å². The molecule has 1 fully saturated rings. The summed E-state index contributed by atoms with van der Waals surface area (Å²) in [5.41, 5.74) is 2.84. The number of ether oxygens (including phenoxy) is 2. The first kappa shape index (κ1) is 33.7. The van der Waals surface area contributed by atoms with Crippen molar-refractivity contribution in [1.29, 1.82) is 0 Å². The summed E-state index contributed by atoms with van der Waals surface area (Å²) in [5, 5.41) is 8.20. The number of H-pyrrole nitrogens is 1. The lowest BCUT2D eigenvalue weighted by Crippen LogP contribution is -2.49. The number of nitrogens with one attached hydrogen (secondary N) is 1. The number of methoxy groups -OCH3 is 2. The van der Waals surface area contributed by atoms with Crippen LogP contribution in [0.3, 0.4) is 0 Å². The number of para-hydroxylation sites is 1. The fourth-order valence-electron chi connectivity index (χ4n) is 6.88. The Hall–Kier alpha value is -5.79. The molecule has 3 aromatic carbocycles. The predicted octanol–water partition coefficient (Wildman–Crippen LogP) is 5.53. The van der Waals surface area contributed by atoms with Gasteiger partial charge >= 0.3 is 0 Å². The first-order valence-corrected chi connectivity index (χ1v) is 16.6. The molecule has 0 unspecified atom stereocenters. The minimum atomic E-state index is -0.746. The summed E-state index contributed by atoms with van der Waals surface area (Å²) in [6.45, 7) is 2.16. The molecule has 1 N–H and O–H groups in total. The second-order valence-corrected chi connectivity index (χ2v) is 12.4. The number of amides is 2. The van der Waals surface area contributed by atoms with Crippen molar-refractivity contribution in [3.63, 3.8) is 0 Å². The summed E-state index contributed by atoms with van der Waals surface area (Å²) in [5.74, 6) is -1.79. The van der Waals surface area contributed by atoms with Crippen LogP contribution in [0.4, 0.5) is 18.9 Å². The highest BCUT2D eigenvalue weighted by atomic mass is 19.1. The number of carbonyl (C=O) groups excluding carboxylic acids is 2. The zero-order chi connectivity index (χ0) is 35.6. The van der Waals surface area contributed by atoms with Gasteiger partial charge in [0.2, 0.25) is 5.91 Å². The van der Waals surface area contributed by atoms with Gasteiger partial charge in [0.1, 0.15) is 28.7 Å². The van der Waals surface area contributed by atoms with Crippen LogP contribution in [0.25, 0.3) is 27.6 Å². The van der Waals surface area contributed by atoms with Gasteiger partial charge in [-0.05, 0) is 35.8 Å². The molecule has 0 saturated carbocycles. The van der Waals surface area contributed by atoms with Crippen LogP contribution < -0.4 is 14.4 Å². The van der Waals surface area contributed by atoms with Gasteiger partial charge in [0.15, 0.2) is 11.6 Å². The first-order valence-electron chi connectivity index (χ1n) is 16.6. The number of nitrogens with zero attached hydrogens (tertiary/aromatic N) is 6. The fourth-order valence-corrected chi connectivity index (χ4v) is 6.88. The molecule has 1 saturated heterocycles. The normalized spacial score (nSPS) is 14.9. The molecule has 0 bridgehead atoms. The number of carbonyl (C=O) groups is 2. The molecule has 0 aliphatic carbocycles. The van der Waals surface area contributed by atoms with Crippen molar-refractivity contribution in [2.45, 2.75) is 19.4 Å². The van der Waals surface area contributed by atoms with E-state index in [2.05, 4.69) is 15.3 Å². The molecule has 2 aromatic heterocycles. The third-order valence-electron chi connectivity index (χ3n) is 9.45. The van der Waals surface area contributed by atoms with Crippen LogP contribution in [0.2, 0.25) is 0 Å². The maximum absolute atomic E-state index is 16.7. The zero-order valence-corrected chi connectivity index (χ0v) is 28.2. The highest BCUT2D eigenvalue weighted by Crippen LogP contribution is 2.40. The molecule has 51 heavy (non-hydrogen) atoms. The Morgan fingerprint density at radius 1 is 0.882 bits per heavy atom. The second kappa shape index (κ2) is 14.2. The standard InChI is InChI=1S/C37H36F3N7O4/c1-50-31-8-4-3-7-25(31)27-20-26(23-6-5-11-46(22-23)33(48)9-12-47-13-10-41-43-47)34(40)35-28(27)21-30(42-35)37(49)45-16-14-44(15-17-45)36-29(39)18-24(38)19-32(36)51-2/h3-4,6-8,10,13,18-21,42H,5,9,11-12,14-17,22H2,1-2H3.